The molecule has 1 aromatic rings. The lowest BCUT2D eigenvalue weighted by Gasteiger charge is -2.33. The summed E-state index contributed by atoms with van der Waals surface area (Å²) in [4.78, 5) is 17.5. The van der Waals surface area contributed by atoms with Gasteiger partial charge in [0.2, 0.25) is 5.91 Å². The highest BCUT2D eigenvalue weighted by molar-refractivity contribution is 5.85. The molecule has 6 nitrogen and oxygen atoms in total. The minimum absolute atomic E-state index is 0. The van der Waals surface area contributed by atoms with Gasteiger partial charge in [0, 0.05) is 38.8 Å². The van der Waals surface area contributed by atoms with Crippen molar-refractivity contribution < 1.29 is 14.3 Å². The van der Waals surface area contributed by atoms with E-state index in [-0.39, 0.29) is 18.3 Å². The predicted octanol–water partition coefficient (Wildman–Crippen LogP) is 1.18. The first kappa shape index (κ1) is 21.0. The van der Waals surface area contributed by atoms with Crippen molar-refractivity contribution in [2.45, 2.75) is 18.9 Å². The summed E-state index contributed by atoms with van der Waals surface area (Å²) in [7, 11) is 1.65. The van der Waals surface area contributed by atoms with Gasteiger partial charge in [-0.15, -0.1) is 12.4 Å². The SMILES string of the molecule is COc1cccc(CC(=O)N(CCN2CCOCC2)C2CCNC2)c1.Cl. The zero-order valence-electron chi connectivity index (χ0n) is 15.5. The third-order valence-corrected chi connectivity index (χ3v) is 5.05. The third kappa shape index (κ3) is 5.84. The number of halogens is 1. The first-order valence-corrected chi connectivity index (χ1v) is 9.19. The highest BCUT2D eigenvalue weighted by Crippen LogP contribution is 2.16. The van der Waals surface area contributed by atoms with E-state index in [1.807, 2.05) is 24.3 Å². The van der Waals surface area contributed by atoms with Gasteiger partial charge in [-0.05, 0) is 30.7 Å². The molecule has 0 saturated carbocycles. The van der Waals surface area contributed by atoms with Gasteiger partial charge in [-0.1, -0.05) is 12.1 Å². The van der Waals surface area contributed by atoms with Crippen LogP contribution in [0.1, 0.15) is 12.0 Å². The highest BCUT2D eigenvalue weighted by atomic mass is 35.5. The number of morpholine rings is 1. The molecule has 2 aliphatic rings. The number of carbonyl (C=O) groups is 1. The van der Waals surface area contributed by atoms with Crippen LogP contribution in [0.3, 0.4) is 0 Å². The Balaban J connectivity index is 0.00000243. The van der Waals surface area contributed by atoms with Crippen molar-refractivity contribution in [2.24, 2.45) is 0 Å². The van der Waals surface area contributed by atoms with Gasteiger partial charge in [-0.2, -0.15) is 0 Å². The summed E-state index contributed by atoms with van der Waals surface area (Å²) in [5.74, 6) is 1.00. The van der Waals surface area contributed by atoms with Gasteiger partial charge in [0.15, 0.2) is 0 Å². The van der Waals surface area contributed by atoms with E-state index in [2.05, 4.69) is 15.1 Å². The van der Waals surface area contributed by atoms with E-state index < -0.39 is 0 Å². The van der Waals surface area contributed by atoms with E-state index in [1.54, 1.807) is 7.11 Å². The van der Waals surface area contributed by atoms with Crippen LogP contribution in [0.15, 0.2) is 24.3 Å². The summed E-state index contributed by atoms with van der Waals surface area (Å²) in [5.41, 5.74) is 1.01. The molecule has 1 atom stereocenters. The summed E-state index contributed by atoms with van der Waals surface area (Å²) >= 11 is 0. The van der Waals surface area contributed by atoms with Crippen molar-refractivity contribution in [3.63, 3.8) is 0 Å². The fourth-order valence-corrected chi connectivity index (χ4v) is 3.55. The third-order valence-electron chi connectivity index (χ3n) is 5.05. The van der Waals surface area contributed by atoms with Gasteiger partial charge in [-0.3, -0.25) is 9.69 Å². The quantitative estimate of drug-likeness (QED) is 0.766. The van der Waals surface area contributed by atoms with E-state index in [9.17, 15) is 4.79 Å². The fraction of sp³-hybridized carbons (Fsp3) is 0.632. The summed E-state index contributed by atoms with van der Waals surface area (Å²) in [5, 5.41) is 3.38. The number of hydrogen-bond donors (Lipinski definition) is 1. The first-order valence-electron chi connectivity index (χ1n) is 9.19. The molecule has 0 radical (unpaired) electrons. The summed E-state index contributed by atoms with van der Waals surface area (Å²) in [6.07, 6.45) is 1.46. The minimum Gasteiger partial charge on any atom is -0.497 e. The van der Waals surface area contributed by atoms with Gasteiger partial charge in [0.25, 0.3) is 0 Å². The van der Waals surface area contributed by atoms with E-state index >= 15 is 0 Å². The molecule has 1 N–H and O–H groups in total. The molecule has 146 valence electrons. The smallest absolute Gasteiger partial charge is 0.227 e. The van der Waals surface area contributed by atoms with Gasteiger partial charge in [-0.25, -0.2) is 0 Å². The van der Waals surface area contributed by atoms with Gasteiger partial charge >= 0.3 is 0 Å². The van der Waals surface area contributed by atoms with Crippen molar-refractivity contribution in [3.05, 3.63) is 29.8 Å². The molecule has 1 aromatic carbocycles. The molecule has 2 aliphatic heterocycles. The van der Waals surface area contributed by atoms with Crippen LogP contribution in [0.25, 0.3) is 0 Å². The van der Waals surface area contributed by atoms with E-state index in [0.717, 1.165) is 70.2 Å². The van der Waals surface area contributed by atoms with Crippen LogP contribution < -0.4 is 10.1 Å². The van der Waals surface area contributed by atoms with E-state index in [0.29, 0.717) is 12.5 Å². The predicted molar refractivity (Wildman–Crippen MR) is 104 cm³/mol. The van der Waals surface area contributed by atoms with Crippen LogP contribution in [-0.2, 0) is 16.0 Å². The van der Waals surface area contributed by atoms with E-state index in [4.69, 9.17) is 9.47 Å². The topological polar surface area (TPSA) is 54.0 Å². The number of nitrogens with zero attached hydrogens (tertiary/aromatic N) is 2. The fourth-order valence-electron chi connectivity index (χ4n) is 3.55. The van der Waals surface area contributed by atoms with Crippen LogP contribution in [0.2, 0.25) is 0 Å². The lowest BCUT2D eigenvalue weighted by Crippen LogP contribution is -2.48. The molecule has 2 saturated heterocycles. The van der Waals surface area contributed by atoms with E-state index in [1.165, 1.54) is 0 Å². The van der Waals surface area contributed by atoms with Crippen molar-refractivity contribution in [2.75, 3.05) is 59.6 Å². The van der Waals surface area contributed by atoms with Gasteiger partial charge in [0.05, 0.1) is 26.7 Å². The molecule has 0 aliphatic carbocycles. The monoisotopic (exact) mass is 383 g/mol. The van der Waals surface area contributed by atoms with Crippen molar-refractivity contribution in [1.29, 1.82) is 0 Å². The normalized spacial score (nSPS) is 20.4. The Morgan fingerprint density at radius 1 is 1.38 bits per heavy atom. The minimum atomic E-state index is 0. The van der Waals surface area contributed by atoms with Crippen molar-refractivity contribution >= 4 is 18.3 Å². The average molecular weight is 384 g/mol. The summed E-state index contributed by atoms with van der Waals surface area (Å²) < 4.78 is 10.7. The maximum atomic E-state index is 13.0. The summed E-state index contributed by atoms with van der Waals surface area (Å²) in [6.45, 7) is 7.10. The molecule has 0 spiro atoms. The lowest BCUT2D eigenvalue weighted by molar-refractivity contribution is -0.132. The molecule has 2 heterocycles. The number of hydrogen-bond acceptors (Lipinski definition) is 5. The van der Waals surface area contributed by atoms with Crippen LogP contribution in [0.5, 0.6) is 5.75 Å². The lowest BCUT2D eigenvalue weighted by atomic mass is 10.1. The molecule has 0 aromatic heterocycles. The molecule has 7 heteroatoms. The largest absolute Gasteiger partial charge is 0.497 e. The number of carbonyl (C=O) groups excluding carboxylic acids is 1. The first-order chi connectivity index (χ1) is 12.3. The van der Waals surface area contributed by atoms with Crippen LogP contribution >= 0.6 is 12.4 Å². The molecule has 26 heavy (non-hydrogen) atoms. The molecular formula is C19H30ClN3O3. The number of nitrogens with one attached hydrogen (secondary N) is 1. The van der Waals surface area contributed by atoms with Gasteiger partial charge < -0.3 is 19.7 Å². The van der Waals surface area contributed by atoms with Crippen molar-refractivity contribution in [3.8, 4) is 5.75 Å². The second-order valence-electron chi connectivity index (χ2n) is 6.72. The molecular weight excluding hydrogens is 354 g/mol. The zero-order chi connectivity index (χ0) is 17.5. The standard InChI is InChI=1S/C19H29N3O3.ClH/c1-24-18-4-2-3-16(13-18)14-19(23)22(17-5-6-20-15-17)8-7-21-9-11-25-12-10-21;/h2-4,13,17,20H,5-12,14-15H2,1H3;1H. The average Bonchev–Trinajstić information content (AvgIpc) is 3.17. The maximum absolute atomic E-state index is 13.0. The Morgan fingerprint density at radius 3 is 2.88 bits per heavy atom. The number of rotatable bonds is 7. The molecule has 1 unspecified atom stereocenters. The highest BCUT2D eigenvalue weighted by Gasteiger charge is 2.27. The number of ether oxygens (including phenoxy) is 2. The number of methoxy groups -OCH3 is 1. The van der Waals surface area contributed by atoms with Crippen molar-refractivity contribution in [1.82, 2.24) is 15.1 Å². The Bertz CT molecular complexity index is 561. The second-order valence-corrected chi connectivity index (χ2v) is 6.72. The molecule has 2 fully saturated rings. The molecule has 1 amide bonds. The molecule has 0 bridgehead atoms. The van der Waals surface area contributed by atoms with Crippen LogP contribution in [0, 0.1) is 0 Å². The van der Waals surface area contributed by atoms with Crippen LogP contribution in [-0.4, -0.2) is 81.3 Å². The Hall–Kier alpha value is -1.34. The van der Waals surface area contributed by atoms with Crippen LogP contribution in [0.4, 0.5) is 0 Å². The number of amides is 1. The second kappa shape index (κ2) is 10.7. The number of benzene rings is 1. The Kier molecular flexibility index (Phi) is 8.65. The van der Waals surface area contributed by atoms with Gasteiger partial charge in [0.1, 0.15) is 5.75 Å². The Morgan fingerprint density at radius 2 is 2.19 bits per heavy atom. The maximum Gasteiger partial charge on any atom is 0.227 e. The molecule has 3 rings (SSSR count). The Labute approximate surface area is 162 Å². The summed E-state index contributed by atoms with van der Waals surface area (Å²) in [6, 6.07) is 8.10. The zero-order valence-corrected chi connectivity index (χ0v) is 16.3.